The molecule has 0 bridgehead atoms. The van der Waals surface area contributed by atoms with E-state index in [-0.39, 0.29) is 19.4 Å². The number of nitrogens with zero attached hydrogens (tertiary/aromatic N) is 2. The van der Waals surface area contributed by atoms with Gasteiger partial charge in [0.1, 0.15) is 6.54 Å². The van der Waals surface area contributed by atoms with E-state index < -0.39 is 28.4 Å². The molecule has 0 saturated carbocycles. The fourth-order valence-corrected chi connectivity index (χ4v) is 5.05. The fraction of sp³-hybridized carbons (Fsp3) is 0.400. The Kier molecular flexibility index (Phi) is 6.18. The molecular formula is C25H29N5O4. The lowest BCUT2D eigenvalue weighted by Gasteiger charge is -2.42. The Balaban J connectivity index is 1.26. The van der Waals surface area contributed by atoms with E-state index in [2.05, 4.69) is 45.1 Å². The molecule has 2 unspecified atom stereocenters. The molecule has 2 fully saturated rings. The summed E-state index contributed by atoms with van der Waals surface area (Å²) in [4.78, 5) is 39.3. The highest BCUT2D eigenvalue weighted by Crippen LogP contribution is 2.38. The second-order valence-electron chi connectivity index (χ2n) is 9.25. The fourth-order valence-electron chi connectivity index (χ4n) is 5.05. The third kappa shape index (κ3) is 4.35. The number of hydrogen-bond donors (Lipinski definition) is 3. The lowest BCUT2D eigenvalue weighted by Crippen LogP contribution is -2.60. The van der Waals surface area contributed by atoms with Crippen molar-refractivity contribution in [3.63, 3.8) is 0 Å². The van der Waals surface area contributed by atoms with Gasteiger partial charge in [0.05, 0.1) is 5.56 Å². The van der Waals surface area contributed by atoms with Crippen molar-refractivity contribution in [1.82, 2.24) is 15.5 Å². The van der Waals surface area contributed by atoms with Crippen LogP contribution in [0.4, 0.5) is 5.69 Å². The molecule has 0 aliphatic carbocycles. The van der Waals surface area contributed by atoms with Crippen molar-refractivity contribution in [2.45, 2.75) is 38.5 Å². The summed E-state index contributed by atoms with van der Waals surface area (Å²) in [6.45, 7) is 5.54. The third-order valence-electron chi connectivity index (χ3n) is 6.98. The van der Waals surface area contributed by atoms with Crippen molar-refractivity contribution in [3.8, 4) is 0 Å². The van der Waals surface area contributed by atoms with E-state index >= 15 is 0 Å². The number of fused-ring (bicyclic) bond motifs is 1. The van der Waals surface area contributed by atoms with Gasteiger partial charge in [-0.2, -0.15) is 0 Å². The Hall–Kier alpha value is -3.11. The quantitative estimate of drug-likeness (QED) is 0.338. The molecule has 3 heterocycles. The summed E-state index contributed by atoms with van der Waals surface area (Å²) < 4.78 is -1.27. The standard InChI is InChI=1S/C25H29N5O4/c31-23-9-8-22(24(32)28-23)30(34)16-20-19(25(30)33)2-1-3-21(20)27-14-17-4-6-18(7-5-17)15-29-12-10-26-11-13-29/h1-7,22,26-27H,8-16H2,(H,28,31,32). The number of piperidine rings is 1. The van der Waals surface area contributed by atoms with Gasteiger partial charge in [-0.15, -0.1) is 0 Å². The Morgan fingerprint density at radius 3 is 2.50 bits per heavy atom. The minimum Gasteiger partial charge on any atom is -0.624 e. The van der Waals surface area contributed by atoms with Gasteiger partial charge >= 0.3 is 5.91 Å². The SMILES string of the molecule is O=C1CCC([N+]2([O-])Cc3c(NCc4ccc(CN5CCNCC5)cc4)cccc3C2=O)C(=O)N1. The van der Waals surface area contributed by atoms with E-state index in [0.717, 1.165) is 44.0 Å². The van der Waals surface area contributed by atoms with Gasteiger partial charge in [0.2, 0.25) is 5.91 Å². The molecule has 34 heavy (non-hydrogen) atoms. The molecule has 0 aromatic heterocycles. The summed E-state index contributed by atoms with van der Waals surface area (Å²) in [6, 6.07) is 12.6. The van der Waals surface area contributed by atoms with Crippen LogP contribution in [0.1, 0.15) is 39.9 Å². The zero-order valence-electron chi connectivity index (χ0n) is 19.0. The Morgan fingerprint density at radius 2 is 1.76 bits per heavy atom. The molecule has 9 nitrogen and oxygen atoms in total. The van der Waals surface area contributed by atoms with Crippen LogP contribution in [-0.2, 0) is 29.2 Å². The van der Waals surface area contributed by atoms with Crippen LogP contribution in [0.3, 0.4) is 0 Å². The van der Waals surface area contributed by atoms with Crippen LogP contribution >= 0.6 is 0 Å². The van der Waals surface area contributed by atoms with Crippen LogP contribution in [-0.4, -0.2) is 59.5 Å². The Labute approximate surface area is 198 Å². The molecule has 178 valence electrons. The first-order valence-corrected chi connectivity index (χ1v) is 11.8. The number of hydrogen-bond acceptors (Lipinski definition) is 7. The topological polar surface area (TPSA) is 114 Å². The van der Waals surface area contributed by atoms with Crippen LogP contribution in [0.2, 0.25) is 0 Å². The second-order valence-corrected chi connectivity index (χ2v) is 9.25. The first-order chi connectivity index (χ1) is 16.4. The van der Waals surface area contributed by atoms with Gasteiger partial charge in [-0.1, -0.05) is 30.3 Å². The van der Waals surface area contributed by atoms with Crippen LogP contribution in [0.25, 0.3) is 0 Å². The zero-order chi connectivity index (χ0) is 23.7. The molecule has 0 spiro atoms. The summed E-state index contributed by atoms with van der Waals surface area (Å²) >= 11 is 0. The molecule has 5 rings (SSSR count). The monoisotopic (exact) mass is 463 g/mol. The zero-order valence-corrected chi connectivity index (χ0v) is 19.0. The minimum atomic E-state index is -1.27. The molecular weight excluding hydrogens is 434 g/mol. The van der Waals surface area contributed by atoms with Gasteiger partial charge in [-0.05, 0) is 23.3 Å². The summed E-state index contributed by atoms with van der Waals surface area (Å²) in [6.07, 6.45) is 0.148. The molecule has 3 aliphatic rings. The van der Waals surface area contributed by atoms with Gasteiger partial charge in [-0.25, -0.2) is 4.79 Å². The number of carbonyl (C=O) groups excluding carboxylic acids is 3. The number of piperazine rings is 1. The summed E-state index contributed by atoms with van der Waals surface area (Å²) in [5.41, 5.74) is 4.06. The van der Waals surface area contributed by atoms with Crippen molar-refractivity contribution in [2.75, 3.05) is 31.5 Å². The predicted molar refractivity (Wildman–Crippen MR) is 126 cm³/mol. The highest BCUT2D eigenvalue weighted by atomic mass is 16.6. The van der Waals surface area contributed by atoms with Gasteiger partial charge in [0, 0.05) is 63.4 Å². The first kappa shape index (κ1) is 22.7. The maximum atomic E-state index is 13.6. The minimum absolute atomic E-state index is 0.0675. The van der Waals surface area contributed by atoms with Gasteiger partial charge in [-0.3, -0.25) is 24.5 Å². The number of carbonyl (C=O) groups is 3. The molecule has 3 amide bonds. The number of amides is 3. The van der Waals surface area contributed by atoms with E-state index in [0.29, 0.717) is 17.7 Å². The normalized spacial score (nSPS) is 25.2. The van der Waals surface area contributed by atoms with Crippen molar-refractivity contribution < 1.29 is 19.0 Å². The van der Waals surface area contributed by atoms with Crippen molar-refractivity contribution >= 4 is 23.4 Å². The van der Waals surface area contributed by atoms with Crippen molar-refractivity contribution in [2.24, 2.45) is 0 Å². The number of anilines is 1. The van der Waals surface area contributed by atoms with Crippen LogP contribution in [0.15, 0.2) is 42.5 Å². The van der Waals surface area contributed by atoms with E-state index in [9.17, 15) is 19.6 Å². The van der Waals surface area contributed by atoms with E-state index in [1.165, 1.54) is 5.56 Å². The number of nitrogens with one attached hydrogen (secondary N) is 3. The first-order valence-electron chi connectivity index (χ1n) is 11.8. The lowest BCUT2D eigenvalue weighted by molar-refractivity contribution is -0.825. The van der Waals surface area contributed by atoms with Gasteiger partial charge < -0.3 is 15.8 Å². The third-order valence-corrected chi connectivity index (χ3v) is 6.98. The maximum Gasteiger partial charge on any atom is 0.347 e. The largest absolute Gasteiger partial charge is 0.624 e. The number of imide groups is 1. The van der Waals surface area contributed by atoms with Crippen LogP contribution < -0.4 is 16.0 Å². The Morgan fingerprint density at radius 1 is 1.03 bits per heavy atom. The second kappa shape index (κ2) is 9.27. The van der Waals surface area contributed by atoms with Crippen molar-refractivity contribution in [1.29, 1.82) is 0 Å². The molecule has 9 heteroatoms. The number of quaternary nitrogens is 1. The Bertz CT molecular complexity index is 1110. The summed E-state index contributed by atoms with van der Waals surface area (Å²) in [5, 5.41) is 22.5. The summed E-state index contributed by atoms with van der Waals surface area (Å²) in [7, 11) is 0. The predicted octanol–water partition coefficient (Wildman–Crippen LogP) is 1.48. The molecule has 2 saturated heterocycles. The van der Waals surface area contributed by atoms with Crippen LogP contribution in [0, 0.1) is 5.21 Å². The summed E-state index contributed by atoms with van der Waals surface area (Å²) in [5.74, 6) is -1.69. The smallest absolute Gasteiger partial charge is 0.347 e. The molecule has 2 aromatic carbocycles. The van der Waals surface area contributed by atoms with Gasteiger partial charge in [0.15, 0.2) is 6.04 Å². The average molecular weight is 464 g/mol. The molecule has 3 aliphatic heterocycles. The van der Waals surface area contributed by atoms with E-state index in [4.69, 9.17) is 0 Å². The van der Waals surface area contributed by atoms with E-state index in [1.54, 1.807) is 12.1 Å². The average Bonchev–Trinajstić information content (AvgIpc) is 3.10. The van der Waals surface area contributed by atoms with Crippen LogP contribution in [0.5, 0.6) is 0 Å². The molecule has 2 aromatic rings. The number of hydroxylamine groups is 3. The number of benzene rings is 2. The number of rotatable bonds is 6. The maximum absolute atomic E-state index is 13.6. The highest BCUT2D eigenvalue weighted by Gasteiger charge is 2.50. The van der Waals surface area contributed by atoms with E-state index in [1.807, 2.05) is 6.07 Å². The highest BCUT2D eigenvalue weighted by molar-refractivity contribution is 6.02. The van der Waals surface area contributed by atoms with Gasteiger partial charge in [0.25, 0.3) is 5.91 Å². The molecule has 3 N–H and O–H groups in total. The molecule has 2 atom stereocenters. The lowest BCUT2D eigenvalue weighted by atomic mass is 10.0. The molecule has 0 radical (unpaired) electrons. The van der Waals surface area contributed by atoms with Crippen molar-refractivity contribution in [3.05, 3.63) is 69.9 Å².